The molecule has 10 nitrogen and oxygen atoms in total. The Kier molecular flexibility index (Phi) is 7.32. The summed E-state index contributed by atoms with van der Waals surface area (Å²) in [5.41, 5.74) is 0.193. The number of nitrogens with one attached hydrogen (secondary N) is 1. The summed E-state index contributed by atoms with van der Waals surface area (Å²) >= 11 is 0. The topological polar surface area (TPSA) is 117 Å². The van der Waals surface area contributed by atoms with E-state index in [9.17, 15) is 17.2 Å². The number of sulfonamides is 1. The number of aromatic nitrogens is 4. The van der Waals surface area contributed by atoms with Crippen LogP contribution < -0.4 is 14.2 Å². The molecule has 39 heavy (non-hydrogen) atoms. The van der Waals surface area contributed by atoms with Gasteiger partial charge in [0.15, 0.2) is 22.6 Å². The highest BCUT2D eigenvalue weighted by molar-refractivity contribution is 7.92. The maximum Gasteiger partial charge on any atom is 0.267 e. The van der Waals surface area contributed by atoms with Crippen molar-refractivity contribution in [3.8, 4) is 11.6 Å². The van der Waals surface area contributed by atoms with E-state index < -0.39 is 56.1 Å². The normalized spacial score (nSPS) is 15.9. The Bertz CT molecular complexity index is 1640. The molecule has 1 aliphatic heterocycles. The van der Waals surface area contributed by atoms with Crippen LogP contribution in [0.1, 0.15) is 36.7 Å². The molecule has 206 valence electrons. The van der Waals surface area contributed by atoms with E-state index in [2.05, 4.69) is 15.1 Å². The zero-order chi connectivity index (χ0) is 27.7. The average molecular weight is 564 g/mol. The van der Waals surface area contributed by atoms with Gasteiger partial charge in [-0.2, -0.15) is 5.10 Å². The maximum absolute atomic E-state index is 15.3. The molecule has 1 saturated heterocycles. The number of ether oxygens (including phenoxy) is 3. The standard InChI is InChI=1S/C25H24F3N5O5S/c1-14-17-10-16(12-29-24(17)33(31-14)22-5-3-4-8-37-22)38-13-18-19(27)6-7-20(23(18)28)32-39(34,35)21-9-15(26)11-30-25(21)36-2/h6-7,9-12,22,32H,3-5,8,13H2,1-2H3. The van der Waals surface area contributed by atoms with Gasteiger partial charge < -0.3 is 14.2 Å². The Morgan fingerprint density at radius 3 is 2.72 bits per heavy atom. The van der Waals surface area contributed by atoms with E-state index in [1.54, 1.807) is 10.7 Å². The molecule has 0 aliphatic carbocycles. The number of anilines is 1. The van der Waals surface area contributed by atoms with Crippen molar-refractivity contribution in [1.82, 2.24) is 19.7 Å². The van der Waals surface area contributed by atoms with Gasteiger partial charge >= 0.3 is 0 Å². The summed E-state index contributed by atoms with van der Waals surface area (Å²) in [4.78, 5) is 7.34. The SMILES string of the molecule is COc1ncc(F)cc1S(=O)(=O)Nc1ccc(F)c(COc2cnc3c(c2)c(C)nn3C2CCCCO2)c1F. The van der Waals surface area contributed by atoms with Crippen molar-refractivity contribution in [2.75, 3.05) is 18.4 Å². The monoisotopic (exact) mass is 563 g/mol. The number of hydrogen-bond donors (Lipinski definition) is 1. The lowest BCUT2D eigenvalue weighted by atomic mass is 10.2. The summed E-state index contributed by atoms with van der Waals surface area (Å²) < 4.78 is 89.1. The lowest BCUT2D eigenvalue weighted by molar-refractivity contribution is -0.0371. The van der Waals surface area contributed by atoms with Crippen LogP contribution in [0.3, 0.4) is 0 Å². The summed E-state index contributed by atoms with van der Waals surface area (Å²) in [6.07, 6.45) is 4.80. The number of rotatable bonds is 8. The van der Waals surface area contributed by atoms with Crippen molar-refractivity contribution in [3.05, 3.63) is 65.4 Å². The Morgan fingerprint density at radius 2 is 1.97 bits per heavy atom. The molecular formula is C25H24F3N5O5S. The molecule has 1 unspecified atom stereocenters. The highest BCUT2D eigenvalue weighted by Gasteiger charge is 2.25. The Balaban J connectivity index is 1.38. The van der Waals surface area contributed by atoms with Crippen LogP contribution in [0.2, 0.25) is 0 Å². The summed E-state index contributed by atoms with van der Waals surface area (Å²) in [6, 6.07) is 4.13. The van der Waals surface area contributed by atoms with Gasteiger partial charge in [-0.25, -0.2) is 36.2 Å². The molecule has 1 fully saturated rings. The molecule has 0 spiro atoms. The highest BCUT2D eigenvalue weighted by atomic mass is 32.2. The minimum absolute atomic E-state index is 0.216. The molecule has 3 aromatic heterocycles. The molecule has 1 N–H and O–H groups in total. The molecule has 4 heterocycles. The van der Waals surface area contributed by atoms with E-state index in [4.69, 9.17) is 14.2 Å². The Morgan fingerprint density at radius 1 is 1.15 bits per heavy atom. The number of aryl methyl sites for hydroxylation is 1. The van der Waals surface area contributed by atoms with E-state index in [0.29, 0.717) is 29.4 Å². The third-order valence-corrected chi connectivity index (χ3v) is 7.58. The number of pyridine rings is 2. The smallest absolute Gasteiger partial charge is 0.267 e. The second-order valence-corrected chi connectivity index (χ2v) is 10.5. The second kappa shape index (κ2) is 10.7. The van der Waals surface area contributed by atoms with Crippen LogP contribution in [0.5, 0.6) is 11.6 Å². The number of methoxy groups -OCH3 is 1. The van der Waals surface area contributed by atoms with E-state index >= 15 is 4.39 Å². The molecule has 14 heteroatoms. The van der Waals surface area contributed by atoms with Crippen LogP contribution in [0.15, 0.2) is 41.6 Å². The molecule has 0 saturated carbocycles. The minimum atomic E-state index is -4.54. The highest BCUT2D eigenvalue weighted by Crippen LogP contribution is 2.31. The fraction of sp³-hybridized carbons (Fsp3) is 0.320. The number of hydrogen-bond acceptors (Lipinski definition) is 8. The fourth-order valence-corrected chi connectivity index (χ4v) is 5.46. The third kappa shape index (κ3) is 5.34. The van der Waals surface area contributed by atoms with Gasteiger partial charge in [0.25, 0.3) is 10.0 Å². The van der Waals surface area contributed by atoms with Crippen molar-refractivity contribution < 1.29 is 35.8 Å². The Hall–Kier alpha value is -3.91. The summed E-state index contributed by atoms with van der Waals surface area (Å²) in [7, 11) is -3.40. The van der Waals surface area contributed by atoms with Crippen molar-refractivity contribution >= 4 is 26.7 Å². The van der Waals surface area contributed by atoms with Crippen LogP contribution in [0.25, 0.3) is 11.0 Å². The zero-order valence-corrected chi connectivity index (χ0v) is 21.8. The van der Waals surface area contributed by atoms with Crippen molar-refractivity contribution in [1.29, 1.82) is 0 Å². The summed E-state index contributed by atoms with van der Waals surface area (Å²) in [5, 5.41) is 5.24. The third-order valence-electron chi connectivity index (χ3n) is 6.22. The summed E-state index contributed by atoms with van der Waals surface area (Å²) in [5.74, 6) is -3.26. The van der Waals surface area contributed by atoms with Gasteiger partial charge in [-0.1, -0.05) is 0 Å². The molecule has 4 aromatic rings. The van der Waals surface area contributed by atoms with Crippen molar-refractivity contribution in [2.45, 2.75) is 43.9 Å². The first-order chi connectivity index (χ1) is 18.7. The van der Waals surface area contributed by atoms with E-state index in [1.807, 2.05) is 11.6 Å². The van der Waals surface area contributed by atoms with Crippen LogP contribution in [-0.4, -0.2) is 41.9 Å². The molecule has 1 atom stereocenters. The molecule has 0 bridgehead atoms. The molecule has 1 aliphatic rings. The summed E-state index contributed by atoms with van der Waals surface area (Å²) in [6.45, 7) is 1.89. The first kappa shape index (κ1) is 26.7. The van der Waals surface area contributed by atoms with Gasteiger partial charge in [0, 0.05) is 18.1 Å². The lowest BCUT2D eigenvalue weighted by Gasteiger charge is -2.23. The van der Waals surface area contributed by atoms with Crippen LogP contribution in [0.4, 0.5) is 18.9 Å². The molecule has 1 aromatic carbocycles. The van der Waals surface area contributed by atoms with Crippen molar-refractivity contribution in [2.24, 2.45) is 0 Å². The van der Waals surface area contributed by atoms with Gasteiger partial charge in [-0.15, -0.1) is 0 Å². The first-order valence-corrected chi connectivity index (χ1v) is 13.4. The Labute approximate surface area is 221 Å². The van der Waals surface area contributed by atoms with Gasteiger partial charge in [-0.3, -0.25) is 4.72 Å². The van der Waals surface area contributed by atoms with Crippen LogP contribution >= 0.6 is 0 Å². The zero-order valence-electron chi connectivity index (χ0n) is 20.9. The second-order valence-electron chi connectivity index (χ2n) is 8.84. The van der Waals surface area contributed by atoms with E-state index in [0.717, 1.165) is 44.7 Å². The average Bonchev–Trinajstić information content (AvgIpc) is 3.26. The molecule has 0 radical (unpaired) electrons. The minimum Gasteiger partial charge on any atom is -0.487 e. The number of benzene rings is 1. The van der Waals surface area contributed by atoms with Crippen molar-refractivity contribution in [3.63, 3.8) is 0 Å². The number of fused-ring (bicyclic) bond motifs is 1. The first-order valence-electron chi connectivity index (χ1n) is 12.0. The quantitative estimate of drug-likeness (QED) is 0.330. The van der Waals surface area contributed by atoms with Gasteiger partial charge in [0.05, 0.1) is 36.4 Å². The van der Waals surface area contributed by atoms with Crippen LogP contribution in [0, 0.1) is 24.4 Å². The lowest BCUT2D eigenvalue weighted by Crippen LogP contribution is -2.19. The van der Waals surface area contributed by atoms with Gasteiger partial charge in [0.1, 0.15) is 24.0 Å². The molecular weight excluding hydrogens is 539 g/mol. The van der Waals surface area contributed by atoms with Crippen LogP contribution in [-0.2, 0) is 21.4 Å². The number of halogens is 3. The molecule has 0 amide bonds. The molecule has 5 rings (SSSR count). The predicted molar refractivity (Wildman–Crippen MR) is 133 cm³/mol. The fourth-order valence-electron chi connectivity index (χ4n) is 4.26. The van der Waals surface area contributed by atoms with E-state index in [-0.39, 0.29) is 12.0 Å². The number of nitrogens with zero attached hydrogens (tertiary/aromatic N) is 4. The largest absolute Gasteiger partial charge is 0.487 e. The van der Waals surface area contributed by atoms with Gasteiger partial charge in [0.2, 0.25) is 5.88 Å². The maximum atomic E-state index is 15.3. The predicted octanol–water partition coefficient (Wildman–Crippen LogP) is 4.64. The van der Waals surface area contributed by atoms with E-state index in [1.165, 1.54) is 6.20 Å². The van der Waals surface area contributed by atoms with Gasteiger partial charge in [-0.05, 0) is 44.4 Å².